The first-order valence-electron chi connectivity index (χ1n) is 4.36. The van der Waals surface area contributed by atoms with Crippen molar-refractivity contribution in [1.29, 1.82) is 0 Å². The van der Waals surface area contributed by atoms with Gasteiger partial charge in [-0.3, -0.25) is 0 Å². The summed E-state index contributed by atoms with van der Waals surface area (Å²) >= 11 is 0. The molecule has 2 radical (unpaired) electrons. The zero-order chi connectivity index (χ0) is 8.06. The molecule has 1 N–H and O–H groups in total. The molecule has 2 heterocycles. The fourth-order valence-electron chi connectivity index (χ4n) is 2.38. The Morgan fingerprint density at radius 3 is 2.73 bits per heavy atom. The van der Waals surface area contributed by atoms with Crippen molar-refractivity contribution in [1.82, 2.24) is 5.32 Å². The Bertz CT molecular complexity index is 175. The molecule has 2 rings (SSSR count). The lowest BCUT2D eigenvalue weighted by atomic mass is 9.84. The van der Waals surface area contributed by atoms with E-state index in [-0.39, 0.29) is 11.6 Å². The van der Waals surface area contributed by atoms with Gasteiger partial charge in [-0.2, -0.15) is 0 Å². The van der Waals surface area contributed by atoms with Crippen molar-refractivity contribution in [2.75, 3.05) is 6.54 Å². The quantitative estimate of drug-likeness (QED) is 0.543. The van der Waals surface area contributed by atoms with E-state index in [1.807, 2.05) is 0 Å². The number of hydrogen-bond donors (Lipinski definition) is 1. The molecule has 0 amide bonds. The third-order valence-corrected chi connectivity index (χ3v) is 3.33. The third kappa shape index (κ3) is 0.813. The van der Waals surface area contributed by atoms with Gasteiger partial charge in [0, 0.05) is 24.5 Å². The minimum absolute atomic E-state index is 0.0457. The first-order valence-corrected chi connectivity index (χ1v) is 4.36. The molecule has 11 heavy (non-hydrogen) atoms. The molecule has 0 spiro atoms. The van der Waals surface area contributed by atoms with Crippen molar-refractivity contribution >= 4 is 7.85 Å². The monoisotopic (exact) mass is 151 g/mol. The van der Waals surface area contributed by atoms with Crippen LogP contribution in [0.4, 0.5) is 0 Å². The average molecular weight is 151 g/mol. The van der Waals surface area contributed by atoms with Gasteiger partial charge in [0.2, 0.25) is 0 Å². The molecule has 2 nitrogen and oxygen atoms in total. The van der Waals surface area contributed by atoms with E-state index in [4.69, 9.17) is 12.6 Å². The van der Waals surface area contributed by atoms with Gasteiger partial charge in [0.05, 0.1) is 5.60 Å². The number of nitrogens with one attached hydrogen (secondary N) is 1. The smallest absolute Gasteiger partial charge is 0.111 e. The van der Waals surface area contributed by atoms with Crippen LogP contribution in [0.1, 0.15) is 20.3 Å². The highest BCUT2D eigenvalue weighted by Crippen LogP contribution is 2.41. The molecule has 2 bridgehead atoms. The number of rotatable bonds is 1. The number of morpholine rings is 1. The van der Waals surface area contributed by atoms with Gasteiger partial charge in [-0.25, -0.2) is 0 Å². The minimum Gasteiger partial charge on any atom is -0.378 e. The molecule has 2 aliphatic heterocycles. The Morgan fingerprint density at radius 2 is 2.45 bits per heavy atom. The summed E-state index contributed by atoms with van der Waals surface area (Å²) in [5.41, 5.74) is 0.0457. The Hall–Kier alpha value is -0.0151. The predicted molar refractivity (Wildman–Crippen MR) is 44.6 cm³/mol. The lowest BCUT2D eigenvalue weighted by molar-refractivity contribution is -0.0388. The molecular weight excluding hydrogens is 137 g/mol. The molecule has 1 unspecified atom stereocenters. The van der Waals surface area contributed by atoms with Gasteiger partial charge in [-0.15, -0.1) is 0 Å². The summed E-state index contributed by atoms with van der Waals surface area (Å²) in [7, 11) is 5.79. The van der Waals surface area contributed by atoms with Crippen molar-refractivity contribution in [2.24, 2.45) is 5.92 Å². The van der Waals surface area contributed by atoms with E-state index in [9.17, 15) is 0 Å². The zero-order valence-corrected chi connectivity index (χ0v) is 7.13. The molecule has 0 aromatic carbocycles. The number of hydrogen-bond acceptors (Lipinski definition) is 2. The van der Waals surface area contributed by atoms with E-state index in [1.54, 1.807) is 0 Å². The summed E-state index contributed by atoms with van der Waals surface area (Å²) in [4.78, 5) is 0. The summed E-state index contributed by atoms with van der Waals surface area (Å²) in [6.45, 7) is 5.36. The highest BCUT2D eigenvalue weighted by Gasteiger charge is 2.54. The molecule has 2 aliphatic rings. The maximum atomic E-state index is 5.79. The van der Waals surface area contributed by atoms with Crippen LogP contribution < -0.4 is 5.32 Å². The molecule has 0 saturated carbocycles. The molecule has 0 aliphatic carbocycles. The van der Waals surface area contributed by atoms with Crippen molar-refractivity contribution in [3.63, 3.8) is 0 Å². The molecule has 4 atom stereocenters. The van der Waals surface area contributed by atoms with Gasteiger partial charge in [0.1, 0.15) is 7.85 Å². The van der Waals surface area contributed by atoms with Crippen molar-refractivity contribution in [2.45, 2.75) is 37.9 Å². The van der Waals surface area contributed by atoms with Crippen molar-refractivity contribution < 1.29 is 4.74 Å². The average Bonchev–Trinajstić information content (AvgIpc) is 2.42. The Labute approximate surface area is 69.1 Å². The molecule has 2 saturated heterocycles. The van der Waals surface area contributed by atoms with Crippen LogP contribution >= 0.6 is 0 Å². The molecule has 0 aromatic rings. The third-order valence-electron chi connectivity index (χ3n) is 3.33. The molecule has 0 aromatic heterocycles. The van der Waals surface area contributed by atoms with Crippen LogP contribution in [0.3, 0.4) is 0 Å². The van der Waals surface area contributed by atoms with Crippen molar-refractivity contribution in [3.05, 3.63) is 0 Å². The second-order valence-corrected chi connectivity index (χ2v) is 3.70. The normalized spacial score (nSPS) is 55.3. The van der Waals surface area contributed by atoms with Crippen molar-refractivity contribution in [3.8, 4) is 0 Å². The topological polar surface area (TPSA) is 21.3 Å². The highest BCUT2D eigenvalue weighted by atomic mass is 16.5. The Balaban J connectivity index is 2.24. The zero-order valence-electron chi connectivity index (χ0n) is 7.13. The minimum atomic E-state index is -0.0845. The molecule has 3 heteroatoms. The van der Waals surface area contributed by atoms with Crippen LogP contribution in [-0.2, 0) is 4.74 Å². The van der Waals surface area contributed by atoms with Gasteiger partial charge in [-0.05, 0) is 6.42 Å². The summed E-state index contributed by atoms with van der Waals surface area (Å²) in [6, 6.07) is 0.300. The largest absolute Gasteiger partial charge is 0.378 e. The lowest BCUT2D eigenvalue weighted by Crippen LogP contribution is -2.44. The van der Waals surface area contributed by atoms with Crippen LogP contribution in [0.15, 0.2) is 0 Å². The van der Waals surface area contributed by atoms with Crippen LogP contribution in [0.5, 0.6) is 0 Å². The van der Waals surface area contributed by atoms with Crippen LogP contribution in [-0.4, -0.2) is 32.0 Å². The number of ether oxygens (including phenoxy) is 1. The van der Waals surface area contributed by atoms with Gasteiger partial charge in [-0.1, -0.05) is 13.8 Å². The van der Waals surface area contributed by atoms with Gasteiger partial charge in [0.15, 0.2) is 0 Å². The molecular formula is C8H14BNO. The Kier molecular flexibility index (Phi) is 1.55. The standard InChI is InChI=1S/C8H14BNO/c1-3-8-4-10-6(5(8)2)7(9)11-8/h5-7,10H,3-4H2,1-2H3/t5-,6?,7-,8+/m1/s1. The SMILES string of the molecule is [B][C@@H]1O[C@@]2(CC)CNC1[C@H]2C. The van der Waals surface area contributed by atoms with Crippen LogP contribution in [0.2, 0.25) is 0 Å². The van der Waals surface area contributed by atoms with Gasteiger partial charge < -0.3 is 10.1 Å². The summed E-state index contributed by atoms with van der Waals surface area (Å²) in [5.74, 6) is 0.572. The molecule has 60 valence electrons. The second kappa shape index (κ2) is 2.24. The first kappa shape index (κ1) is 7.62. The highest BCUT2D eigenvalue weighted by molar-refractivity contribution is 6.11. The van der Waals surface area contributed by atoms with Gasteiger partial charge >= 0.3 is 0 Å². The number of fused-ring (bicyclic) bond motifs is 2. The Morgan fingerprint density at radius 1 is 1.73 bits per heavy atom. The fourth-order valence-corrected chi connectivity index (χ4v) is 2.38. The van der Waals surface area contributed by atoms with E-state index in [0.717, 1.165) is 13.0 Å². The maximum Gasteiger partial charge on any atom is 0.111 e. The summed E-state index contributed by atoms with van der Waals surface area (Å²) in [5, 5.41) is 3.40. The second-order valence-electron chi connectivity index (χ2n) is 3.70. The predicted octanol–water partition coefficient (Wildman–Crippen LogP) is 0.268. The van der Waals surface area contributed by atoms with Gasteiger partial charge in [0.25, 0.3) is 0 Å². The summed E-state index contributed by atoms with van der Waals surface area (Å²) < 4.78 is 5.72. The fraction of sp³-hybridized carbons (Fsp3) is 1.00. The van der Waals surface area contributed by atoms with Crippen LogP contribution in [0.25, 0.3) is 0 Å². The van der Waals surface area contributed by atoms with Crippen LogP contribution in [0, 0.1) is 5.92 Å². The first-order chi connectivity index (χ1) is 5.19. The maximum absolute atomic E-state index is 5.79. The van der Waals surface area contributed by atoms with E-state index in [2.05, 4.69) is 19.2 Å². The van der Waals surface area contributed by atoms with E-state index in [0.29, 0.717) is 12.0 Å². The van der Waals surface area contributed by atoms with E-state index in [1.165, 1.54) is 0 Å². The molecule has 2 fully saturated rings. The van der Waals surface area contributed by atoms with E-state index < -0.39 is 0 Å². The van der Waals surface area contributed by atoms with E-state index >= 15 is 0 Å². The summed E-state index contributed by atoms with van der Waals surface area (Å²) in [6.07, 6.45) is 1.06. The lowest BCUT2D eigenvalue weighted by Gasteiger charge is -2.30.